The molecular formula is C12H18O. The maximum atomic E-state index is 9.17. The highest BCUT2D eigenvalue weighted by atomic mass is 16.3. The molecule has 0 amide bonds. The summed E-state index contributed by atoms with van der Waals surface area (Å²) in [6.45, 7) is 6.57. The topological polar surface area (TPSA) is 20.2 Å². The predicted octanol–water partition coefficient (Wildman–Crippen LogP) is 2.79. The van der Waals surface area contributed by atoms with E-state index >= 15 is 0 Å². The van der Waals surface area contributed by atoms with Crippen molar-refractivity contribution in [3.8, 4) is 0 Å². The number of hydrogen-bond donors (Lipinski definition) is 1. The smallest absolute Gasteiger partial charge is 0.0499 e. The standard InChI is InChI=1S/C12H18O/c1-4-11(8-13)12-6-5-9(2)7-10(12)3/h5-7,11,13H,4,8H2,1-3H3. The van der Waals surface area contributed by atoms with Crippen molar-refractivity contribution in [1.82, 2.24) is 0 Å². The lowest BCUT2D eigenvalue weighted by Gasteiger charge is -2.15. The Labute approximate surface area is 80.4 Å². The Balaban J connectivity index is 2.99. The summed E-state index contributed by atoms with van der Waals surface area (Å²) >= 11 is 0. The van der Waals surface area contributed by atoms with E-state index in [4.69, 9.17) is 0 Å². The first-order valence-electron chi connectivity index (χ1n) is 4.87. The second-order valence-corrected chi connectivity index (χ2v) is 3.65. The van der Waals surface area contributed by atoms with Gasteiger partial charge in [0.05, 0.1) is 0 Å². The van der Waals surface area contributed by atoms with Gasteiger partial charge in [-0.05, 0) is 31.4 Å². The van der Waals surface area contributed by atoms with E-state index in [0.717, 1.165) is 6.42 Å². The van der Waals surface area contributed by atoms with Crippen LogP contribution in [0.25, 0.3) is 0 Å². The first-order valence-corrected chi connectivity index (χ1v) is 4.87. The van der Waals surface area contributed by atoms with E-state index < -0.39 is 0 Å². The first kappa shape index (κ1) is 10.3. The summed E-state index contributed by atoms with van der Waals surface area (Å²) in [7, 11) is 0. The summed E-state index contributed by atoms with van der Waals surface area (Å²) in [5.41, 5.74) is 3.87. The van der Waals surface area contributed by atoms with Crippen molar-refractivity contribution < 1.29 is 5.11 Å². The Kier molecular flexibility index (Phi) is 3.49. The van der Waals surface area contributed by atoms with E-state index in [2.05, 4.69) is 39.0 Å². The van der Waals surface area contributed by atoms with E-state index in [1.807, 2.05) is 0 Å². The first-order chi connectivity index (χ1) is 6.19. The Morgan fingerprint density at radius 2 is 2.00 bits per heavy atom. The molecule has 0 heterocycles. The molecule has 0 aliphatic heterocycles. The van der Waals surface area contributed by atoms with Gasteiger partial charge in [0.2, 0.25) is 0 Å². The molecular weight excluding hydrogens is 160 g/mol. The van der Waals surface area contributed by atoms with Gasteiger partial charge in [-0.15, -0.1) is 0 Å². The average Bonchev–Trinajstić information content (AvgIpc) is 2.10. The number of rotatable bonds is 3. The second-order valence-electron chi connectivity index (χ2n) is 3.65. The van der Waals surface area contributed by atoms with Crippen LogP contribution in [0.5, 0.6) is 0 Å². The van der Waals surface area contributed by atoms with Crippen LogP contribution in [0, 0.1) is 13.8 Å². The third-order valence-corrected chi connectivity index (χ3v) is 2.58. The van der Waals surface area contributed by atoms with Crippen molar-refractivity contribution >= 4 is 0 Å². The molecule has 1 nitrogen and oxygen atoms in total. The molecule has 72 valence electrons. The van der Waals surface area contributed by atoms with Crippen LogP contribution >= 0.6 is 0 Å². The summed E-state index contributed by atoms with van der Waals surface area (Å²) in [6.07, 6.45) is 1.00. The minimum Gasteiger partial charge on any atom is -0.396 e. The van der Waals surface area contributed by atoms with E-state index in [1.54, 1.807) is 0 Å². The molecule has 0 aromatic heterocycles. The molecule has 0 spiro atoms. The normalized spacial score (nSPS) is 12.9. The molecule has 1 atom stereocenters. The van der Waals surface area contributed by atoms with E-state index in [-0.39, 0.29) is 6.61 Å². The number of hydrogen-bond acceptors (Lipinski definition) is 1. The van der Waals surface area contributed by atoms with Gasteiger partial charge < -0.3 is 5.11 Å². The average molecular weight is 178 g/mol. The molecule has 1 rings (SSSR count). The highest BCUT2D eigenvalue weighted by Crippen LogP contribution is 2.22. The van der Waals surface area contributed by atoms with Crippen molar-refractivity contribution in [2.45, 2.75) is 33.1 Å². The van der Waals surface area contributed by atoms with Crippen LogP contribution in [0.3, 0.4) is 0 Å². The molecule has 1 aromatic rings. The number of aryl methyl sites for hydroxylation is 2. The van der Waals surface area contributed by atoms with E-state index in [0.29, 0.717) is 5.92 Å². The monoisotopic (exact) mass is 178 g/mol. The highest BCUT2D eigenvalue weighted by Gasteiger charge is 2.09. The second kappa shape index (κ2) is 4.43. The number of aliphatic hydroxyl groups is 1. The summed E-state index contributed by atoms with van der Waals surface area (Å²) in [5, 5.41) is 9.17. The third-order valence-electron chi connectivity index (χ3n) is 2.58. The van der Waals surface area contributed by atoms with Crippen LogP contribution < -0.4 is 0 Å². The van der Waals surface area contributed by atoms with Gasteiger partial charge in [0.15, 0.2) is 0 Å². The Morgan fingerprint density at radius 3 is 2.46 bits per heavy atom. The molecule has 1 unspecified atom stereocenters. The van der Waals surface area contributed by atoms with Gasteiger partial charge in [-0.3, -0.25) is 0 Å². The molecule has 0 aliphatic carbocycles. The highest BCUT2D eigenvalue weighted by molar-refractivity contribution is 5.33. The molecule has 0 fully saturated rings. The SMILES string of the molecule is CCC(CO)c1ccc(C)cc1C. The summed E-state index contributed by atoms with van der Waals surface area (Å²) < 4.78 is 0. The molecule has 1 heteroatoms. The number of benzene rings is 1. The van der Waals surface area contributed by atoms with Gasteiger partial charge in [-0.25, -0.2) is 0 Å². The zero-order chi connectivity index (χ0) is 9.84. The predicted molar refractivity (Wildman–Crippen MR) is 56.0 cm³/mol. The van der Waals surface area contributed by atoms with Gasteiger partial charge in [0.25, 0.3) is 0 Å². The largest absolute Gasteiger partial charge is 0.396 e. The minimum atomic E-state index is 0.250. The fraction of sp³-hybridized carbons (Fsp3) is 0.500. The fourth-order valence-corrected chi connectivity index (χ4v) is 1.73. The lowest BCUT2D eigenvalue weighted by atomic mass is 9.92. The Morgan fingerprint density at radius 1 is 1.31 bits per heavy atom. The van der Waals surface area contributed by atoms with Gasteiger partial charge in [-0.2, -0.15) is 0 Å². The minimum absolute atomic E-state index is 0.250. The summed E-state index contributed by atoms with van der Waals surface area (Å²) in [6, 6.07) is 6.42. The summed E-state index contributed by atoms with van der Waals surface area (Å²) in [5.74, 6) is 0.306. The van der Waals surface area contributed by atoms with Crippen molar-refractivity contribution in [3.63, 3.8) is 0 Å². The van der Waals surface area contributed by atoms with Crippen LogP contribution in [0.1, 0.15) is 36.0 Å². The van der Waals surface area contributed by atoms with Crippen molar-refractivity contribution in [1.29, 1.82) is 0 Å². The molecule has 1 aromatic carbocycles. The van der Waals surface area contributed by atoms with E-state index in [9.17, 15) is 5.11 Å². The van der Waals surface area contributed by atoms with Crippen LogP contribution in [0.15, 0.2) is 18.2 Å². The number of aliphatic hydroxyl groups excluding tert-OH is 1. The van der Waals surface area contributed by atoms with Crippen molar-refractivity contribution in [2.75, 3.05) is 6.61 Å². The van der Waals surface area contributed by atoms with E-state index in [1.165, 1.54) is 16.7 Å². The van der Waals surface area contributed by atoms with Gasteiger partial charge in [-0.1, -0.05) is 30.7 Å². The van der Waals surface area contributed by atoms with Crippen LogP contribution in [-0.2, 0) is 0 Å². The third kappa shape index (κ3) is 2.31. The summed E-state index contributed by atoms with van der Waals surface area (Å²) in [4.78, 5) is 0. The van der Waals surface area contributed by atoms with Gasteiger partial charge in [0.1, 0.15) is 0 Å². The lowest BCUT2D eigenvalue weighted by Crippen LogP contribution is -2.04. The fourth-order valence-electron chi connectivity index (χ4n) is 1.73. The lowest BCUT2D eigenvalue weighted by molar-refractivity contribution is 0.262. The van der Waals surface area contributed by atoms with Crippen molar-refractivity contribution in [3.05, 3.63) is 34.9 Å². The molecule has 0 radical (unpaired) electrons. The molecule has 13 heavy (non-hydrogen) atoms. The quantitative estimate of drug-likeness (QED) is 0.754. The Hall–Kier alpha value is -0.820. The van der Waals surface area contributed by atoms with Crippen molar-refractivity contribution in [2.24, 2.45) is 0 Å². The van der Waals surface area contributed by atoms with Crippen LogP contribution in [0.2, 0.25) is 0 Å². The zero-order valence-corrected chi connectivity index (χ0v) is 8.67. The molecule has 0 bridgehead atoms. The zero-order valence-electron chi connectivity index (χ0n) is 8.67. The van der Waals surface area contributed by atoms with Gasteiger partial charge in [0, 0.05) is 12.5 Å². The molecule has 1 N–H and O–H groups in total. The molecule has 0 aliphatic rings. The molecule has 0 saturated heterocycles. The molecule has 0 saturated carbocycles. The van der Waals surface area contributed by atoms with Gasteiger partial charge >= 0.3 is 0 Å². The van der Waals surface area contributed by atoms with Crippen LogP contribution in [0.4, 0.5) is 0 Å². The maximum absolute atomic E-state index is 9.17. The Bertz CT molecular complexity index is 274. The van der Waals surface area contributed by atoms with Crippen LogP contribution in [-0.4, -0.2) is 11.7 Å². The maximum Gasteiger partial charge on any atom is 0.0499 e.